The summed E-state index contributed by atoms with van der Waals surface area (Å²) in [7, 11) is 0.437. The Bertz CT molecular complexity index is 1730. The second kappa shape index (κ2) is 7.92. The van der Waals surface area contributed by atoms with Crippen LogP contribution in [0.25, 0.3) is 53.5 Å². The summed E-state index contributed by atoms with van der Waals surface area (Å²) < 4.78 is 14.8. The molecule has 0 bridgehead atoms. The largest absolute Gasteiger partial charge is 0.435 e. The lowest BCUT2D eigenvalue weighted by atomic mass is 9.82. The number of fused-ring (bicyclic) bond motifs is 6. The quantitative estimate of drug-likeness (QED) is 0.285. The number of rotatable bonds is 5. The van der Waals surface area contributed by atoms with Crippen molar-refractivity contribution in [1.82, 2.24) is 4.98 Å². The minimum Gasteiger partial charge on any atom is -0.435 e. The van der Waals surface area contributed by atoms with Crippen LogP contribution in [0.1, 0.15) is 27.7 Å². The molecule has 4 aromatic carbocycles. The van der Waals surface area contributed by atoms with Gasteiger partial charge in [-0.1, -0.05) is 60.1 Å². The van der Waals surface area contributed by atoms with Gasteiger partial charge in [-0.25, -0.2) is 4.98 Å². The van der Waals surface area contributed by atoms with E-state index in [9.17, 15) is 5.11 Å². The van der Waals surface area contributed by atoms with Gasteiger partial charge in [0.2, 0.25) is 5.89 Å². The molecule has 1 N–H and O–H groups in total. The van der Waals surface area contributed by atoms with Gasteiger partial charge in [-0.15, -0.1) is 11.3 Å². The Hall–Kier alpha value is -3.19. The first-order valence-electron chi connectivity index (χ1n) is 11.8. The summed E-state index contributed by atoms with van der Waals surface area (Å²) in [6.45, 7) is 7.39. The van der Waals surface area contributed by atoms with E-state index in [1.54, 1.807) is 25.2 Å². The third kappa shape index (κ3) is 3.73. The van der Waals surface area contributed by atoms with Gasteiger partial charge in [-0.2, -0.15) is 0 Å². The van der Waals surface area contributed by atoms with Crippen LogP contribution in [0.2, 0.25) is 0 Å². The van der Waals surface area contributed by atoms with Crippen LogP contribution in [0.5, 0.6) is 0 Å². The van der Waals surface area contributed by atoms with Crippen molar-refractivity contribution in [2.24, 2.45) is 0 Å². The molecule has 0 fully saturated rings. The molecule has 0 unspecified atom stereocenters. The highest BCUT2D eigenvalue weighted by Gasteiger charge is 2.35. The molecule has 2 aromatic heterocycles. The molecule has 6 heteroatoms. The molecular weight excluding hydrogens is 453 g/mol. The van der Waals surface area contributed by atoms with E-state index < -0.39 is 11.2 Å². The van der Waals surface area contributed by atoms with Crippen LogP contribution in [-0.2, 0) is 4.65 Å². The number of hydrogen-bond donors (Lipinski definition) is 1. The molecule has 0 saturated heterocycles. The number of benzene rings is 4. The van der Waals surface area contributed by atoms with Crippen LogP contribution in [0, 0.1) is 0 Å². The van der Waals surface area contributed by atoms with Crippen LogP contribution in [0.15, 0.2) is 77.2 Å². The van der Waals surface area contributed by atoms with E-state index >= 15 is 0 Å². The summed E-state index contributed by atoms with van der Waals surface area (Å²) >= 11 is 1.74. The summed E-state index contributed by atoms with van der Waals surface area (Å²) in [6, 6.07) is 25.1. The minimum atomic E-state index is -0.936. The van der Waals surface area contributed by atoms with Gasteiger partial charge in [-0.05, 0) is 51.3 Å². The van der Waals surface area contributed by atoms with E-state index in [1.165, 1.54) is 15.5 Å². The highest BCUT2D eigenvalue weighted by Crippen LogP contribution is 2.40. The number of nitrogens with zero attached hydrogens (tertiary/aromatic N) is 1. The van der Waals surface area contributed by atoms with Crippen LogP contribution < -0.4 is 5.46 Å². The van der Waals surface area contributed by atoms with Crippen molar-refractivity contribution in [2.75, 3.05) is 0 Å². The number of aromatic nitrogens is 1. The summed E-state index contributed by atoms with van der Waals surface area (Å²) in [4.78, 5) is 4.85. The zero-order chi connectivity index (χ0) is 24.4. The van der Waals surface area contributed by atoms with Gasteiger partial charge in [0.05, 0.1) is 16.8 Å². The van der Waals surface area contributed by atoms with Gasteiger partial charge < -0.3 is 14.2 Å². The number of aliphatic hydroxyl groups is 1. The van der Waals surface area contributed by atoms with Crippen molar-refractivity contribution < 1.29 is 14.2 Å². The van der Waals surface area contributed by atoms with E-state index in [2.05, 4.69) is 54.6 Å². The average molecular weight is 479 g/mol. The Balaban J connectivity index is 1.42. The summed E-state index contributed by atoms with van der Waals surface area (Å²) in [6.07, 6.45) is 0. The second-order valence-corrected chi connectivity index (χ2v) is 11.2. The molecule has 4 nitrogen and oxygen atoms in total. The number of hydrogen-bond acceptors (Lipinski definition) is 5. The Morgan fingerprint density at radius 2 is 1.69 bits per heavy atom. The highest BCUT2D eigenvalue weighted by molar-refractivity contribution is 7.26. The lowest BCUT2D eigenvalue weighted by Crippen LogP contribution is -2.49. The SMILES string of the molecule is CC(C)(O)C(C)(C)OBc1ccc2c(c1)sc1c(-c3nc4ccc5ccccc5c4o3)cccc12. The molecule has 6 rings (SSSR count). The van der Waals surface area contributed by atoms with Gasteiger partial charge in [0.15, 0.2) is 5.58 Å². The zero-order valence-corrected chi connectivity index (χ0v) is 21.1. The van der Waals surface area contributed by atoms with Crippen molar-refractivity contribution in [1.29, 1.82) is 0 Å². The van der Waals surface area contributed by atoms with E-state index in [-0.39, 0.29) is 0 Å². The molecule has 0 saturated carbocycles. The Kier molecular flexibility index (Phi) is 5.04. The van der Waals surface area contributed by atoms with Crippen LogP contribution >= 0.6 is 11.3 Å². The summed E-state index contributed by atoms with van der Waals surface area (Å²) in [5.74, 6) is 0.643. The molecular formula is C29H26BNO3S. The van der Waals surface area contributed by atoms with Crippen molar-refractivity contribution in [3.8, 4) is 11.5 Å². The molecule has 0 radical (unpaired) electrons. The molecule has 0 aliphatic carbocycles. The fourth-order valence-electron chi connectivity index (χ4n) is 4.31. The normalized spacial score (nSPS) is 12.8. The van der Waals surface area contributed by atoms with Gasteiger partial charge in [0.1, 0.15) is 5.52 Å². The lowest BCUT2D eigenvalue weighted by molar-refractivity contribution is -0.0893. The molecule has 0 spiro atoms. The molecule has 0 aliphatic heterocycles. The van der Waals surface area contributed by atoms with E-state index in [4.69, 9.17) is 14.1 Å². The number of oxazole rings is 1. The molecule has 6 aromatic rings. The zero-order valence-electron chi connectivity index (χ0n) is 20.3. The molecule has 0 amide bonds. The van der Waals surface area contributed by atoms with E-state index in [1.807, 2.05) is 32.0 Å². The second-order valence-electron chi connectivity index (χ2n) is 10.1. The van der Waals surface area contributed by atoms with Crippen molar-refractivity contribution in [2.45, 2.75) is 38.9 Å². The standard InChI is InChI=1S/C29H26BNO3S/c1-28(2,32)29(3,4)34-30-18-13-14-20-21-10-7-11-22(26(21)35-24(20)16-18)27-31-23-15-12-17-8-5-6-9-19(17)25(23)33-27/h5-16,30,32H,1-4H3. The van der Waals surface area contributed by atoms with Gasteiger partial charge in [0.25, 0.3) is 0 Å². The first kappa shape index (κ1) is 22.3. The highest BCUT2D eigenvalue weighted by atomic mass is 32.1. The van der Waals surface area contributed by atoms with E-state index in [0.29, 0.717) is 13.4 Å². The minimum absolute atomic E-state index is 0.437. The average Bonchev–Trinajstić information content (AvgIpc) is 3.43. The summed E-state index contributed by atoms with van der Waals surface area (Å²) in [5, 5.41) is 15.0. The maximum absolute atomic E-state index is 10.4. The van der Waals surface area contributed by atoms with Crippen molar-refractivity contribution in [3.63, 3.8) is 0 Å². The fourth-order valence-corrected chi connectivity index (χ4v) is 5.58. The van der Waals surface area contributed by atoms with Crippen molar-refractivity contribution in [3.05, 3.63) is 72.8 Å². The topological polar surface area (TPSA) is 55.5 Å². The predicted octanol–water partition coefficient (Wildman–Crippen LogP) is 6.56. The Morgan fingerprint density at radius 3 is 2.51 bits per heavy atom. The van der Waals surface area contributed by atoms with E-state index in [0.717, 1.165) is 37.6 Å². The Morgan fingerprint density at radius 1 is 0.886 bits per heavy atom. The molecule has 2 heterocycles. The van der Waals surface area contributed by atoms with Crippen LogP contribution in [0.4, 0.5) is 0 Å². The predicted molar refractivity (Wildman–Crippen MR) is 148 cm³/mol. The molecule has 35 heavy (non-hydrogen) atoms. The third-order valence-electron chi connectivity index (χ3n) is 7.15. The molecule has 0 aliphatic rings. The van der Waals surface area contributed by atoms with Crippen LogP contribution in [-0.4, -0.2) is 28.8 Å². The van der Waals surface area contributed by atoms with Crippen molar-refractivity contribution >= 4 is 66.3 Å². The third-order valence-corrected chi connectivity index (χ3v) is 8.35. The number of thiophene rings is 1. The first-order valence-corrected chi connectivity index (χ1v) is 12.6. The molecule has 174 valence electrons. The first-order chi connectivity index (χ1) is 16.7. The van der Waals surface area contributed by atoms with Crippen LogP contribution in [0.3, 0.4) is 0 Å². The fraction of sp³-hybridized carbons (Fsp3) is 0.207. The monoisotopic (exact) mass is 479 g/mol. The maximum atomic E-state index is 10.4. The smallest absolute Gasteiger partial charge is 0.309 e. The molecule has 0 atom stereocenters. The van der Waals surface area contributed by atoms with Gasteiger partial charge in [0, 0.05) is 25.6 Å². The van der Waals surface area contributed by atoms with Gasteiger partial charge >= 0.3 is 7.48 Å². The van der Waals surface area contributed by atoms with Gasteiger partial charge in [-0.3, -0.25) is 0 Å². The Labute approximate surface area is 208 Å². The lowest BCUT2D eigenvalue weighted by Gasteiger charge is -2.37. The maximum Gasteiger partial charge on any atom is 0.309 e. The summed E-state index contributed by atoms with van der Waals surface area (Å²) in [5.41, 5.74) is 2.18.